The van der Waals surface area contributed by atoms with Crippen molar-refractivity contribution >= 4 is 11.9 Å². The second-order valence-corrected chi connectivity index (χ2v) is 8.52. The zero-order valence-corrected chi connectivity index (χ0v) is 16.4. The minimum atomic E-state index is -1.14. The molecule has 1 aromatic heterocycles. The smallest absolute Gasteiger partial charge is 0.330 e. The summed E-state index contributed by atoms with van der Waals surface area (Å²) in [6.07, 6.45) is 2.93. The van der Waals surface area contributed by atoms with Gasteiger partial charge >= 0.3 is 5.97 Å². The Bertz CT molecular complexity index is 938. The van der Waals surface area contributed by atoms with Gasteiger partial charge in [0, 0.05) is 18.0 Å². The minimum Gasteiger partial charge on any atom is -0.493 e. The molecule has 1 unspecified atom stereocenters. The van der Waals surface area contributed by atoms with Crippen LogP contribution < -0.4 is 10.1 Å². The minimum absolute atomic E-state index is 0.247. The van der Waals surface area contributed by atoms with Crippen molar-refractivity contribution in [3.63, 3.8) is 0 Å². The molecule has 28 heavy (non-hydrogen) atoms. The largest absolute Gasteiger partial charge is 0.493 e. The van der Waals surface area contributed by atoms with Gasteiger partial charge in [-0.05, 0) is 62.9 Å². The molecule has 2 aliphatic rings. The molecule has 2 heterocycles. The summed E-state index contributed by atoms with van der Waals surface area (Å²) in [6, 6.07) is 5.91. The molecule has 0 saturated heterocycles. The molecule has 7 nitrogen and oxygen atoms in total. The van der Waals surface area contributed by atoms with Gasteiger partial charge in [-0.15, -0.1) is 0 Å². The Morgan fingerprint density at radius 3 is 2.68 bits per heavy atom. The van der Waals surface area contributed by atoms with E-state index in [9.17, 15) is 14.7 Å². The summed E-state index contributed by atoms with van der Waals surface area (Å²) in [5, 5.41) is 16.8. The van der Waals surface area contributed by atoms with E-state index in [0.717, 1.165) is 36.3 Å². The molecule has 0 bridgehead atoms. The summed E-state index contributed by atoms with van der Waals surface area (Å²) in [7, 11) is 0. The van der Waals surface area contributed by atoms with Gasteiger partial charge in [-0.2, -0.15) is 5.10 Å². The summed E-state index contributed by atoms with van der Waals surface area (Å²) in [6.45, 7) is 6.72. The lowest BCUT2D eigenvalue weighted by atomic mass is 10.0. The number of carboxylic acid groups (broad SMARTS) is 1. The molecule has 7 heteroatoms. The van der Waals surface area contributed by atoms with Crippen LogP contribution in [0, 0.1) is 0 Å². The van der Waals surface area contributed by atoms with E-state index in [1.54, 1.807) is 24.3 Å². The first-order valence-corrected chi connectivity index (χ1v) is 9.64. The van der Waals surface area contributed by atoms with E-state index in [0.29, 0.717) is 18.1 Å². The lowest BCUT2D eigenvalue weighted by molar-refractivity contribution is -0.139. The molecule has 1 amide bonds. The number of hydrogen-bond donors (Lipinski definition) is 2. The van der Waals surface area contributed by atoms with Crippen molar-refractivity contribution in [1.29, 1.82) is 0 Å². The van der Waals surface area contributed by atoms with Crippen LogP contribution in [0.5, 0.6) is 5.75 Å². The fourth-order valence-corrected chi connectivity index (χ4v) is 3.59. The van der Waals surface area contributed by atoms with E-state index < -0.39 is 17.9 Å². The maximum atomic E-state index is 12.8. The number of nitrogens with zero attached hydrogens (tertiary/aromatic N) is 2. The molecule has 1 atom stereocenters. The van der Waals surface area contributed by atoms with Crippen LogP contribution in [-0.2, 0) is 16.8 Å². The maximum absolute atomic E-state index is 12.8. The Morgan fingerprint density at radius 2 is 2.04 bits per heavy atom. The van der Waals surface area contributed by atoms with Crippen LogP contribution in [0.1, 0.15) is 72.9 Å². The fraction of sp³-hybridized carbons (Fsp3) is 0.476. The van der Waals surface area contributed by atoms with Crippen molar-refractivity contribution in [2.45, 2.75) is 57.5 Å². The van der Waals surface area contributed by atoms with Crippen molar-refractivity contribution in [3.05, 3.63) is 46.8 Å². The number of rotatable bonds is 5. The number of hydrogen-bond acceptors (Lipinski definition) is 4. The summed E-state index contributed by atoms with van der Waals surface area (Å²) >= 11 is 0. The number of carbonyl (C=O) groups is 2. The summed E-state index contributed by atoms with van der Waals surface area (Å²) in [5.41, 5.74) is 2.54. The molecule has 1 saturated carbocycles. The highest BCUT2D eigenvalue weighted by Crippen LogP contribution is 2.41. The Balaban J connectivity index is 1.60. The number of aliphatic carboxylic acids is 1. The third-order valence-electron chi connectivity index (χ3n) is 5.17. The van der Waals surface area contributed by atoms with Gasteiger partial charge in [0.25, 0.3) is 5.91 Å². The highest BCUT2D eigenvalue weighted by molar-refractivity contribution is 5.95. The zero-order chi connectivity index (χ0) is 20.1. The topological polar surface area (TPSA) is 93.5 Å². The first-order valence-electron chi connectivity index (χ1n) is 9.64. The first kappa shape index (κ1) is 18.5. The van der Waals surface area contributed by atoms with E-state index in [-0.39, 0.29) is 11.2 Å². The van der Waals surface area contributed by atoms with Crippen LogP contribution in [0.2, 0.25) is 0 Å². The average Bonchev–Trinajstić information content (AvgIpc) is 3.18. The third kappa shape index (κ3) is 3.48. The van der Waals surface area contributed by atoms with Crippen LogP contribution in [0.25, 0.3) is 0 Å². The summed E-state index contributed by atoms with van der Waals surface area (Å²) in [4.78, 5) is 24.7. The highest BCUT2D eigenvalue weighted by atomic mass is 16.5. The van der Waals surface area contributed by atoms with Crippen LogP contribution in [-0.4, -0.2) is 33.4 Å². The molecule has 4 rings (SSSR count). The molecule has 1 aromatic carbocycles. The quantitative estimate of drug-likeness (QED) is 0.828. The predicted molar refractivity (Wildman–Crippen MR) is 103 cm³/mol. The van der Waals surface area contributed by atoms with Crippen LogP contribution in [0.15, 0.2) is 24.3 Å². The predicted octanol–water partition coefficient (Wildman–Crippen LogP) is 3.01. The van der Waals surface area contributed by atoms with Gasteiger partial charge < -0.3 is 15.2 Å². The van der Waals surface area contributed by atoms with Gasteiger partial charge in [0.15, 0.2) is 11.7 Å². The van der Waals surface area contributed by atoms with Crippen molar-refractivity contribution in [3.8, 4) is 5.75 Å². The number of carboxylic acids is 1. The number of fused-ring (bicyclic) bond motifs is 1. The Labute approximate surface area is 163 Å². The standard InChI is InChI=1S/C21H25N3O4/c1-21(2,3)24-16(12-4-5-12)11-15(23-24)19(25)22-18(20(26)27)14-6-7-17-13(10-14)8-9-28-17/h6-7,10-12,18H,4-5,8-9H2,1-3H3,(H,22,25)(H,26,27). The van der Waals surface area contributed by atoms with Gasteiger partial charge in [0.05, 0.1) is 12.1 Å². The Kier molecular flexibility index (Phi) is 4.40. The number of ether oxygens (including phenoxy) is 1. The van der Waals surface area contributed by atoms with Crippen LogP contribution in [0.3, 0.4) is 0 Å². The Morgan fingerprint density at radius 1 is 1.29 bits per heavy atom. The van der Waals surface area contributed by atoms with E-state index in [2.05, 4.69) is 10.4 Å². The van der Waals surface area contributed by atoms with Gasteiger partial charge in [0.1, 0.15) is 5.75 Å². The number of amides is 1. The van der Waals surface area contributed by atoms with Gasteiger partial charge in [-0.1, -0.05) is 6.07 Å². The second kappa shape index (κ2) is 6.65. The Hall–Kier alpha value is -2.83. The molecular weight excluding hydrogens is 358 g/mol. The average molecular weight is 383 g/mol. The molecule has 1 fully saturated rings. The van der Waals surface area contributed by atoms with Gasteiger partial charge in [-0.3, -0.25) is 9.48 Å². The number of nitrogens with one attached hydrogen (secondary N) is 1. The lowest BCUT2D eigenvalue weighted by Crippen LogP contribution is -2.34. The normalized spacial score (nSPS) is 17.0. The molecule has 2 N–H and O–H groups in total. The van der Waals surface area contributed by atoms with Crippen molar-refractivity contribution in [1.82, 2.24) is 15.1 Å². The molecule has 0 spiro atoms. The molecule has 148 valence electrons. The molecule has 0 radical (unpaired) electrons. The van der Waals surface area contributed by atoms with Crippen molar-refractivity contribution in [2.24, 2.45) is 0 Å². The molecule has 2 aromatic rings. The fourth-order valence-electron chi connectivity index (χ4n) is 3.59. The zero-order valence-electron chi connectivity index (χ0n) is 16.4. The van der Waals surface area contributed by atoms with E-state index >= 15 is 0 Å². The second-order valence-electron chi connectivity index (χ2n) is 8.52. The molecule has 1 aliphatic carbocycles. The van der Waals surface area contributed by atoms with E-state index in [1.165, 1.54) is 0 Å². The summed E-state index contributed by atoms with van der Waals surface area (Å²) < 4.78 is 7.36. The van der Waals surface area contributed by atoms with Crippen LogP contribution >= 0.6 is 0 Å². The maximum Gasteiger partial charge on any atom is 0.330 e. The van der Waals surface area contributed by atoms with Gasteiger partial charge in [0.2, 0.25) is 0 Å². The molecule has 1 aliphatic heterocycles. The first-order chi connectivity index (χ1) is 13.2. The monoisotopic (exact) mass is 383 g/mol. The number of benzene rings is 1. The van der Waals surface area contributed by atoms with E-state index in [1.807, 2.05) is 25.5 Å². The SMILES string of the molecule is CC(C)(C)n1nc(C(=O)NC(C(=O)O)c2ccc3c(c2)CCO3)cc1C1CC1. The summed E-state index contributed by atoms with van der Waals surface area (Å²) in [5.74, 6) is -0.378. The number of aromatic nitrogens is 2. The highest BCUT2D eigenvalue weighted by Gasteiger charge is 2.33. The molecular formula is C21H25N3O4. The number of carbonyl (C=O) groups excluding carboxylic acids is 1. The van der Waals surface area contributed by atoms with Crippen LogP contribution in [0.4, 0.5) is 0 Å². The van der Waals surface area contributed by atoms with Crippen molar-refractivity contribution in [2.75, 3.05) is 6.61 Å². The lowest BCUT2D eigenvalue weighted by Gasteiger charge is -2.22. The van der Waals surface area contributed by atoms with Crippen molar-refractivity contribution < 1.29 is 19.4 Å². The van der Waals surface area contributed by atoms with E-state index in [4.69, 9.17) is 4.74 Å². The van der Waals surface area contributed by atoms with Gasteiger partial charge in [-0.25, -0.2) is 4.79 Å². The third-order valence-corrected chi connectivity index (χ3v) is 5.17.